The molecule has 1 amide bonds. The van der Waals surface area contributed by atoms with Gasteiger partial charge in [-0.15, -0.1) is 10.2 Å². The van der Waals surface area contributed by atoms with E-state index in [9.17, 15) is 4.79 Å². The fourth-order valence-corrected chi connectivity index (χ4v) is 4.00. The van der Waals surface area contributed by atoms with Gasteiger partial charge in [0.05, 0.1) is 6.61 Å². The van der Waals surface area contributed by atoms with Crippen molar-refractivity contribution in [3.8, 4) is 5.75 Å². The van der Waals surface area contributed by atoms with Gasteiger partial charge in [-0.25, -0.2) is 9.78 Å². The van der Waals surface area contributed by atoms with Gasteiger partial charge in [0.1, 0.15) is 17.2 Å². The molecule has 32 heavy (non-hydrogen) atoms. The summed E-state index contributed by atoms with van der Waals surface area (Å²) in [5.74, 6) is 0.834. The van der Waals surface area contributed by atoms with E-state index in [0.29, 0.717) is 42.1 Å². The van der Waals surface area contributed by atoms with E-state index in [1.807, 2.05) is 0 Å². The van der Waals surface area contributed by atoms with E-state index in [1.165, 1.54) is 0 Å². The van der Waals surface area contributed by atoms with Gasteiger partial charge in [-0.2, -0.15) is 0 Å². The van der Waals surface area contributed by atoms with Gasteiger partial charge in [0, 0.05) is 38.8 Å². The van der Waals surface area contributed by atoms with E-state index >= 15 is 0 Å². The second kappa shape index (κ2) is 10.4. The number of nitrogens with two attached hydrogens (primary N) is 2. The summed E-state index contributed by atoms with van der Waals surface area (Å²) >= 11 is 0. The third-order valence-electron chi connectivity index (χ3n) is 5.75. The van der Waals surface area contributed by atoms with Crippen molar-refractivity contribution in [2.24, 2.45) is 10.2 Å². The van der Waals surface area contributed by atoms with Gasteiger partial charge in [0.25, 0.3) is 0 Å². The first-order valence-corrected chi connectivity index (χ1v) is 10.9. The van der Waals surface area contributed by atoms with Crippen LogP contribution in [0.25, 0.3) is 0 Å². The van der Waals surface area contributed by atoms with Crippen LogP contribution < -0.4 is 16.2 Å². The number of likely N-dealkylation sites (tertiary alicyclic amines) is 1. The summed E-state index contributed by atoms with van der Waals surface area (Å²) in [6.07, 6.45) is 2.55. The molecule has 10 nitrogen and oxygen atoms in total. The number of piperidine rings is 1. The monoisotopic (exact) mass is 439 g/mol. The number of azo groups is 1. The Labute approximate surface area is 187 Å². The smallest absolute Gasteiger partial charge is 0.408 e. The highest BCUT2D eigenvalue weighted by molar-refractivity contribution is 5.73. The number of amides is 1. The van der Waals surface area contributed by atoms with Gasteiger partial charge in [0.2, 0.25) is 0 Å². The van der Waals surface area contributed by atoms with Crippen LogP contribution in [0.1, 0.15) is 19.3 Å². The fourth-order valence-electron chi connectivity index (χ4n) is 4.00. The first-order valence-electron chi connectivity index (χ1n) is 10.9. The van der Waals surface area contributed by atoms with Crippen LogP contribution in [0.4, 0.5) is 27.8 Å². The van der Waals surface area contributed by atoms with Crippen LogP contribution >= 0.6 is 0 Å². The van der Waals surface area contributed by atoms with E-state index in [1.54, 1.807) is 41.3 Å². The number of nitrogen functional groups attached to an aromatic ring is 2. The molecular weight excluding hydrogens is 410 g/mol. The Morgan fingerprint density at radius 3 is 2.59 bits per heavy atom. The first-order chi connectivity index (χ1) is 15.6. The Balaban J connectivity index is 1.36. The molecule has 0 radical (unpaired) electrons. The maximum absolute atomic E-state index is 12.8. The van der Waals surface area contributed by atoms with E-state index in [2.05, 4.69) is 20.1 Å². The molecular formula is C22H29N7O3. The molecule has 2 saturated heterocycles. The van der Waals surface area contributed by atoms with Crippen LogP contribution in [0.5, 0.6) is 5.75 Å². The predicted octanol–water partition coefficient (Wildman–Crippen LogP) is 3.35. The summed E-state index contributed by atoms with van der Waals surface area (Å²) in [5, 5.41) is 8.33. The minimum atomic E-state index is -0.376. The molecule has 1 aromatic heterocycles. The lowest BCUT2D eigenvalue weighted by atomic mass is 10.0. The number of para-hydroxylation sites is 1. The highest BCUT2D eigenvalue weighted by atomic mass is 16.6. The lowest BCUT2D eigenvalue weighted by molar-refractivity contribution is 0.0917. The molecule has 0 bridgehead atoms. The maximum atomic E-state index is 12.8. The number of nitrogens with zero attached hydrogens (tertiary/aromatic N) is 5. The average molecular weight is 440 g/mol. The Morgan fingerprint density at radius 2 is 1.78 bits per heavy atom. The SMILES string of the molecule is Nc1ccc(N=Nc2ccccc2OC(=O)N2CCC(N3CCCOCC3)CC2)c(N)n1. The number of hydrogen-bond acceptors (Lipinski definition) is 9. The highest BCUT2D eigenvalue weighted by Crippen LogP contribution is 2.31. The number of benzene rings is 1. The van der Waals surface area contributed by atoms with Gasteiger partial charge in [-0.1, -0.05) is 12.1 Å². The van der Waals surface area contributed by atoms with Gasteiger partial charge in [-0.05, 0) is 43.5 Å². The lowest BCUT2D eigenvalue weighted by Crippen LogP contribution is -2.48. The molecule has 0 unspecified atom stereocenters. The molecule has 0 aliphatic carbocycles. The van der Waals surface area contributed by atoms with Crippen molar-refractivity contribution in [3.05, 3.63) is 36.4 Å². The molecule has 3 heterocycles. The molecule has 0 atom stereocenters. The van der Waals surface area contributed by atoms with E-state index in [-0.39, 0.29) is 11.9 Å². The largest absolute Gasteiger partial charge is 0.415 e. The molecule has 2 aliphatic rings. The van der Waals surface area contributed by atoms with Crippen LogP contribution in [0.3, 0.4) is 0 Å². The number of pyridine rings is 1. The zero-order chi connectivity index (χ0) is 22.3. The Morgan fingerprint density at radius 1 is 1.00 bits per heavy atom. The minimum absolute atomic E-state index is 0.182. The van der Waals surface area contributed by atoms with Crippen molar-refractivity contribution in [1.82, 2.24) is 14.8 Å². The molecule has 2 fully saturated rings. The molecule has 2 aromatic rings. The van der Waals surface area contributed by atoms with Crippen molar-refractivity contribution in [2.45, 2.75) is 25.3 Å². The van der Waals surface area contributed by atoms with Crippen molar-refractivity contribution >= 4 is 29.1 Å². The molecule has 0 spiro atoms. The molecule has 170 valence electrons. The number of ether oxygens (including phenoxy) is 2. The number of carbonyl (C=O) groups is 1. The summed E-state index contributed by atoms with van der Waals surface area (Å²) in [7, 11) is 0. The highest BCUT2D eigenvalue weighted by Gasteiger charge is 2.28. The standard InChI is InChI=1S/C22H29N7O3/c23-20-7-6-18(21(24)25-20)27-26-17-4-1-2-5-19(17)32-22(30)29-11-8-16(9-12-29)28-10-3-14-31-15-13-28/h1-2,4-7,16H,3,8-15H2,(H4,23,24,25). The van der Waals surface area contributed by atoms with Crippen molar-refractivity contribution in [1.29, 1.82) is 0 Å². The fraction of sp³-hybridized carbons (Fsp3) is 0.455. The summed E-state index contributed by atoms with van der Waals surface area (Å²) in [6.45, 7) is 4.96. The van der Waals surface area contributed by atoms with Crippen LogP contribution in [0.2, 0.25) is 0 Å². The molecule has 4 N–H and O–H groups in total. The zero-order valence-electron chi connectivity index (χ0n) is 18.0. The van der Waals surface area contributed by atoms with Crippen LogP contribution in [-0.4, -0.2) is 66.3 Å². The third kappa shape index (κ3) is 5.51. The zero-order valence-corrected chi connectivity index (χ0v) is 18.0. The van der Waals surface area contributed by atoms with Gasteiger partial charge in [-0.3, -0.25) is 4.90 Å². The number of carbonyl (C=O) groups excluding carboxylic acids is 1. The van der Waals surface area contributed by atoms with Crippen molar-refractivity contribution in [2.75, 3.05) is 50.9 Å². The Bertz CT molecular complexity index is 952. The topological polar surface area (TPSA) is 132 Å². The normalized spacial score (nSPS) is 18.6. The predicted molar refractivity (Wildman–Crippen MR) is 121 cm³/mol. The summed E-state index contributed by atoms with van der Waals surface area (Å²) in [4.78, 5) is 21.0. The van der Waals surface area contributed by atoms with Crippen LogP contribution in [0, 0.1) is 0 Å². The quantitative estimate of drug-likeness (QED) is 0.698. The summed E-state index contributed by atoms with van der Waals surface area (Å²) in [6, 6.07) is 10.7. The number of anilines is 2. The third-order valence-corrected chi connectivity index (χ3v) is 5.75. The van der Waals surface area contributed by atoms with E-state index < -0.39 is 0 Å². The number of aromatic nitrogens is 1. The lowest BCUT2D eigenvalue weighted by Gasteiger charge is -2.37. The molecule has 10 heteroatoms. The van der Waals surface area contributed by atoms with Gasteiger partial charge < -0.3 is 25.8 Å². The van der Waals surface area contributed by atoms with Crippen molar-refractivity contribution in [3.63, 3.8) is 0 Å². The molecule has 2 aliphatic heterocycles. The average Bonchev–Trinajstić information content (AvgIpc) is 3.09. The van der Waals surface area contributed by atoms with E-state index in [4.69, 9.17) is 20.9 Å². The number of hydrogen-bond donors (Lipinski definition) is 2. The molecule has 0 saturated carbocycles. The first kappa shape index (κ1) is 22.0. The van der Waals surface area contributed by atoms with Crippen LogP contribution in [0.15, 0.2) is 46.6 Å². The summed E-state index contributed by atoms with van der Waals surface area (Å²) in [5.41, 5.74) is 12.3. The Hall–Kier alpha value is -3.24. The minimum Gasteiger partial charge on any atom is -0.408 e. The second-order valence-corrected chi connectivity index (χ2v) is 7.90. The van der Waals surface area contributed by atoms with Crippen molar-refractivity contribution < 1.29 is 14.3 Å². The molecule has 4 rings (SSSR count). The Kier molecular flexibility index (Phi) is 7.13. The maximum Gasteiger partial charge on any atom is 0.415 e. The van der Waals surface area contributed by atoms with Gasteiger partial charge in [0.15, 0.2) is 11.6 Å². The molecule has 1 aromatic carbocycles. The van der Waals surface area contributed by atoms with E-state index in [0.717, 1.165) is 45.6 Å². The second-order valence-electron chi connectivity index (χ2n) is 7.90. The summed E-state index contributed by atoms with van der Waals surface area (Å²) < 4.78 is 11.2. The van der Waals surface area contributed by atoms with Crippen LogP contribution in [-0.2, 0) is 4.74 Å². The van der Waals surface area contributed by atoms with Gasteiger partial charge >= 0.3 is 6.09 Å². The number of rotatable bonds is 4.